The first-order valence-electron chi connectivity index (χ1n) is 8.40. The van der Waals surface area contributed by atoms with Crippen molar-refractivity contribution >= 4 is 0 Å². The highest BCUT2D eigenvalue weighted by Gasteiger charge is 2.23. The first kappa shape index (κ1) is 14.1. The van der Waals surface area contributed by atoms with Crippen molar-refractivity contribution < 1.29 is 0 Å². The van der Waals surface area contributed by atoms with Gasteiger partial charge in [-0.1, -0.05) is 43.2 Å². The number of hydrogen-bond donors (Lipinski definition) is 1. The second-order valence-corrected chi connectivity index (χ2v) is 6.58. The number of likely N-dealkylation sites (tertiary alicyclic amines) is 1. The first-order chi connectivity index (χ1) is 9.90. The highest BCUT2D eigenvalue weighted by molar-refractivity contribution is 5.14. The number of hydrogen-bond acceptors (Lipinski definition) is 2. The van der Waals surface area contributed by atoms with E-state index in [0.717, 1.165) is 12.0 Å². The zero-order valence-electron chi connectivity index (χ0n) is 12.6. The maximum atomic E-state index is 3.81. The van der Waals surface area contributed by atoms with Gasteiger partial charge in [-0.25, -0.2) is 0 Å². The molecule has 0 bridgehead atoms. The van der Waals surface area contributed by atoms with Crippen molar-refractivity contribution in [2.75, 3.05) is 26.2 Å². The van der Waals surface area contributed by atoms with Crippen LogP contribution in [0.2, 0.25) is 0 Å². The summed E-state index contributed by atoms with van der Waals surface area (Å²) in [6, 6.07) is 11.6. The van der Waals surface area contributed by atoms with Gasteiger partial charge in [0.15, 0.2) is 0 Å². The highest BCUT2D eigenvalue weighted by Crippen LogP contribution is 2.24. The van der Waals surface area contributed by atoms with E-state index in [2.05, 4.69) is 40.5 Å². The van der Waals surface area contributed by atoms with Crippen molar-refractivity contribution in [3.05, 3.63) is 35.9 Å². The fourth-order valence-corrected chi connectivity index (χ4v) is 3.68. The summed E-state index contributed by atoms with van der Waals surface area (Å²) >= 11 is 0. The molecule has 0 aromatic heterocycles. The van der Waals surface area contributed by atoms with E-state index in [-0.39, 0.29) is 0 Å². The lowest BCUT2D eigenvalue weighted by Crippen LogP contribution is -2.35. The van der Waals surface area contributed by atoms with Crippen molar-refractivity contribution in [2.24, 2.45) is 5.92 Å². The fraction of sp³-hybridized carbons (Fsp3) is 0.667. The number of nitrogens with zero attached hydrogens (tertiary/aromatic N) is 1. The van der Waals surface area contributed by atoms with Crippen LogP contribution >= 0.6 is 0 Å². The van der Waals surface area contributed by atoms with Crippen LogP contribution in [0.1, 0.15) is 37.7 Å². The van der Waals surface area contributed by atoms with Crippen molar-refractivity contribution in [1.82, 2.24) is 10.2 Å². The summed E-state index contributed by atoms with van der Waals surface area (Å²) in [6.07, 6.45) is 8.35. The van der Waals surface area contributed by atoms with E-state index < -0.39 is 0 Å². The molecule has 0 spiro atoms. The van der Waals surface area contributed by atoms with Crippen LogP contribution in [0.15, 0.2) is 30.3 Å². The monoisotopic (exact) mass is 272 g/mol. The Balaban J connectivity index is 1.34. The number of rotatable bonds is 6. The molecule has 1 N–H and O–H groups in total. The predicted molar refractivity (Wildman–Crippen MR) is 85.0 cm³/mol. The van der Waals surface area contributed by atoms with Crippen LogP contribution in [0.5, 0.6) is 0 Å². The van der Waals surface area contributed by atoms with Crippen LogP contribution in [0.3, 0.4) is 0 Å². The Kier molecular flexibility index (Phi) is 5.10. The predicted octanol–water partition coefficient (Wildman–Crippen LogP) is 3.08. The van der Waals surface area contributed by atoms with Gasteiger partial charge in [0.1, 0.15) is 0 Å². The Morgan fingerprint density at radius 2 is 1.85 bits per heavy atom. The molecule has 1 aliphatic heterocycles. The van der Waals surface area contributed by atoms with Gasteiger partial charge < -0.3 is 10.2 Å². The zero-order chi connectivity index (χ0) is 13.6. The van der Waals surface area contributed by atoms with Crippen LogP contribution in [0.4, 0.5) is 0 Å². The minimum atomic E-state index is 0.742. The van der Waals surface area contributed by atoms with E-state index in [1.54, 1.807) is 0 Å². The van der Waals surface area contributed by atoms with Gasteiger partial charge in [-0.05, 0) is 50.3 Å². The van der Waals surface area contributed by atoms with E-state index >= 15 is 0 Å². The molecule has 1 atom stereocenters. The molecule has 1 saturated heterocycles. The van der Waals surface area contributed by atoms with Gasteiger partial charge in [0, 0.05) is 19.1 Å². The second kappa shape index (κ2) is 7.24. The average Bonchev–Trinajstić information content (AvgIpc) is 3.16. The minimum absolute atomic E-state index is 0.742. The molecule has 20 heavy (non-hydrogen) atoms. The van der Waals surface area contributed by atoms with Gasteiger partial charge in [0.25, 0.3) is 0 Å². The molecule has 110 valence electrons. The van der Waals surface area contributed by atoms with Gasteiger partial charge in [-0.15, -0.1) is 0 Å². The van der Waals surface area contributed by atoms with Crippen molar-refractivity contribution in [2.45, 2.75) is 44.6 Å². The molecular formula is C18H28N2. The third-order valence-electron chi connectivity index (χ3n) is 5.00. The Hall–Kier alpha value is -0.860. The molecule has 1 heterocycles. The van der Waals surface area contributed by atoms with Crippen molar-refractivity contribution in [1.29, 1.82) is 0 Å². The molecule has 2 heteroatoms. The lowest BCUT2D eigenvalue weighted by Gasteiger charge is -2.18. The van der Waals surface area contributed by atoms with Crippen LogP contribution in [-0.2, 0) is 6.42 Å². The van der Waals surface area contributed by atoms with Gasteiger partial charge >= 0.3 is 0 Å². The SMILES string of the molecule is c1ccc(CCN2CCC(NCC3CCCC3)C2)cc1. The quantitative estimate of drug-likeness (QED) is 0.856. The molecule has 1 aromatic rings. The Labute approximate surface area is 123 Å². The molecule has 2 fully saturated rings. The van der Waals surface area contributed by atoms with Crippen LogP contribution < -0.4 is 5.32 Å². The molecule has 3 rings (SSSR count). The van der Waals surface area contributed by atoms with Crippen molar-refractivity contribution in [3.63, 3.8) is 0 Å². The summed E-state index contributed by atoms with van der Waals surface area (Å²) in [5.74, 6) is 0.966. The molecule has 1 aromatic carbocycles. The second-order valence-electron chi connectivity index (χ2n) is 6.58. The van der Waals surface area contributed by atoms with Gasteiger partial charge in [0.2, 0.25) is 0 Å². The molecule has 1 aliphatic carbocycles. The largest absolute Gasteiger partial charge is 0.312 e. The summed E-state index contributed by atoms with van der Waals surface area (Å²) in [7, 11) is 0. The molecule has 2 nitrogen and oxygen atoms in total. The Morgan fingerprint density at radius 3 is 2.65 bits per heavy atom. The minimum Gasteiger partial charge on any atom is -0.312 e. The summed E-state index contributed by atoms with van der Waals surface area (Å²) in [4.78, 5) is 2.62. The van der Waals surface area contributed by atoms with E-state index in [0.29, 0.717) is 0 Å². The van der Waals surface area contributed by atoms with E-state index in [9.17, 15) is 0 Å². The van der Waals surface area contributed by atoms with Crippen molar-refractivity contribution in [3.8, 4) is 0 Å². The molecule has 1 unspecified atom stereocenters. The summed E-state index contributed by atoms with van der Waals surface area (Å²) in [5, 5.41) is 3.81. The van der Waals surface area contributed by atoms with E-state index in [1.807, 2.05) is 0 Å². The standard InChI is InChI=1S/C18H28N2/c1-2-6-16(7-3-1)10-12-20-13-11-18(15-20)19-14-17-8-4-5-9-17/h1-3,6-7,17-19H,4-5,8-15H2. The van der Waals surface area contributed by atoms with Crippen LogP contribution in [0.25, 0.3) is 0 Å². The maximum Gasteiger partial charge on any atom is 0.0207 e. The Bertz CT molecular complexity index is 384. The molecular weight excluding hydrogens is 244 g/mol. The highest BCUT2D eigenvalue weighted by atomic mass is 15.2. The molecule has 1 saturated carbocycles. The summed E-state index contributed by atoms with van der Waals surface area (Å²) in [6.45, 7) is 5.00. The molecule has 0 radical (unpaired) electrons. The third-order valence-corrected chi connectivity index (χ3v) is 5.00. The van der Waals surface area contributed by atoms with E-state index in [1.165, 1.54) is 70.3 Å². The normalized spacial score (nSPS) is 24.5. The smallest absolute Gasteiger partial charge is 0.0207 e. The third kappa shape index (κ3) is 4.07. The van der Waals surface area contributed by atoms with Crippen LogP contribution in [0, 0.1) is 5.92 Å². The fourth-order valence-electron chi connectivity index (χ4n) is 3.68. The van der Waals surface area contributed by atoms with Gasteiger partial charge in [-0.2, -0.15) is 0 Å². The summed E-state index contributed by atoms with van der Waals surface area (Å²) in [5.41, 5.74) is 1.47. The Morgan fingerprint density at radius 1 is 1.05 bits per heavy atom. The molecule has 2 aliphatic rings. The molecule has 0 amide bonds. The topological polar surface area (TPSA) is 15.3 Å². The van der Waals surface area contributed by atoms with Crippen LogP contribution in [-0.4, -0.2) is 37.1 Å². The average molecular weight is 272 g/mol. The first-order valence-corrected chi connectivity index (χ1v) is 8.40. The number of nitrogens with one attached hydrogen (secondary N) is 1. The lowest BCUT2D eigenvalue weighted by molar-refractivity contribution is 0.328. The maximum absolute atomic E-state index is 3.81. The van der Waals surface area contributed by atoms with Gasteiger partial charge in [0.05, 0.1) is 0 Å². The van der Waals surface area contributed by atoms with Gasteiger partial charge in [-0.3, -0.25) is 0 Å². The van der Waals surface area contributed by atoms with E-state index in [4.69, 9.17) is 0 Å². The zero-order valence-corrected chi connectivity index (χ0v) is 12.6. The summed E-state index contributed by atoms with van der Waals surface area (Å²) < 4.78 is 0. The lowest BCUT2D eigenvalue weighted by atomic mass is 10.1. The number of benzene rings is 1.